The summed E-state index contributed by atoms with van der Waals surface area (Å²) in [5.41, 5.74) is 6.55. The van der Waals surface area contributed by atoms with E-state index in [2.05, 4.69) is 84.3 Å². The van der Waals surface area contributed by atoms with Gasteiger partial charge in [-0.3, -0.25) is 9.80 Å². The maximum absolute atomic E-state index is 6.50. The molecule has 1 unspecified atom stereocenters. The fourth-order valence-electron chi connectivity index (χ4n) is 4.33. The van der Waals surface area contributed by atoms with E-state index < -0.39 is 0 Å². The lowest BCUT2D eigenvalue weighted by Crippen LogP contribution is -2.46. The summed E-state index contributed by atoms with van der Waals surface area (Å²) in [6.45, 7) is 8.32. The molecule has 3 aromatic rings. The summed E-state index contributed by atoms with van der Waals surface area (Å²) < 4.78 is 0. The van der Waals surface area contributed by atoms with E-state index in [0.717, 1.165) is 31.2 Å². The third kappa shape index (κ3) is 4.90. The zero-order valence-corrected chi connectivity index (χ0v) is 18.1. The van der Waals surface area contributed by atoms with Gasteiger partial charge in [-0.25, -0.2) is 0 Å². The van der Waals surface area contributed by atoms with Crippen molar-refractivity contribution in [3.8, 4) is 0 Å². The van der Waals surface area contributed by atoms with Gasteiger partial charge in [0, 0.05) is 31.2 Å². The molecule has 1 heterocycles. The predicted octanol–water partition coefficient (Wildman–Crippen LogP) is 6.36. The SMILES string of the molecule is Cc1ccc(C2N(Cc3cccc(C)c3)CCCN2Cc2ccccc2Cl)cc1. The minimum atomic E-state index is 0.251. The van der Waals surface area contributed by atoms with Crippen LogP contribution >= 0.6 is 11.6 Å². The van der Waals surface area contributed by atoms with Gasteiger partial charge < -0.3 is 0 Å². The van der Waals surface area contributed by atoms with Crippen molar-refractivity contribution >= 4 is 11.6 Å². The molecule has 150 valence electrons. The Morgan fingerprint density at radius 2 is 1.52 bits per heavy atom. The first kappa shape index (κ1) is 20.2. The molecule has 0 radical (unpaired) electrons. The number of nitrogens with zero attached hydrogens (tertiary/aromatic N) is 2. The number of hydrogen-bond donors (Lipinski definition) is 0. The highest BCUT2D eigenvalue weighted by Crippen LogP contribution is 2.33. The largest absolute Gasteiger partial charge is 0.280 e. The number of aryl methyl sites for hydroxylation is 2. The van der Waals surface area contributed by atoms with Crippen LogP contribution in [0.5, 0.6) is 0 Å². The Balaban J connectivity index is 1.65. The first-order valence-corrected chi connectivity index (χ1v) is 10.8. The van der Waals surface area contributed by atoms with Crippen molar-refractivity contribution in [2.24, 2.45) is 0 Å². The second kappa shape index (κ2) is 9.13. The van der Waals surface area contributed by atoms with Gasteiger partial charge in [0.2, 0.25) is 0 Å². The fraction of sp³-hybridized carbons (Fsp3) is 0.308. The lowest BCUT2D eigenvalue weighted by atomic mass is 10.0. The highest BCUT2D eigenvalue weighted by molar-refractivity contribution is 6.31. The normalized spacial score (nSPS) is 18.1. The molecule has 1 aliphatic rings. The predicted molar refractivity (Wildman–Crippen MR) is 122 cm³/mol. The van der Waals surface area contributed by atoms with E-state index in [0.29, 0.717) is 0 Å². The highest BCUT2D eigenvalue weighted by Gasteiger charge is 2.31. The lowest BCUT2D eigenvalue weighted by Gasteiger charge is -2.44. The number of rotatable bonds is 5. The fourth-order valence-corrected chi connectivity index (χ4v) is 4.53. The second-order valence-corrected chi connectivity index (χ2v) is 8.57. The van der Waals surface area contributed by atoms with E-state index in [4.69, 9.17) is 11.6 Å². The molecular weight excluding hydrogens is 376 g/mol. The van der Waals surface area contributed by atoms with Crippen LogP contribution < -0.4 is 0 Å². The Morgan fingerprint density at radius 1 is 0.793 bits per heavy atom. The quantitative estimate of drug-likeness (QED) is 0.487. The van der Waals surface area contributed by atoms with E-state index in [1.807, 2.05) is 12.1 Å². The Bertz CT molecular complexity index is 951. The van der Waals surface area contributed by atoms with Crippen molar-refractivity contribution in [3.63, 3.8) is 0 Å². The van der Waals surface area contributed by atoms with Gasteiger partial charge in [0.15, 0.2) is 0 Å². The molecule has 0 saturated carbocycles. The van der Waals surface area contributed by atoms with Crippen molar-refractivity contribution < 1.29 is 0 Å². The summed E-state index contributed by atoms with van der Waals surface area (Å²) in [6.07, 6.45) is 1.42. The summed E-state index contributed by atoms with van der Waals surface area (Å²) in [4.78, 5) is 5.19. The molecule has 0 bridgehead atoms. The Morgan fingerprint density at radius 3 is 2.24 bits per heavy atom. The zero-order valence-electron chi connectivity index (χ0n) is 17.3. The monoisotopic (exact) mass is 404 g/mol. The van der Waals surface area contributed by atoms with Crippen molar-refractivity contribution in [2.75, 3.05) is 13.1 Å². The van der Waals surface area contributed by atoms with Crippen molar-refractivity contribution in [1.82, 2.24) is 9.80 Å². The van der Waals surface area contributed by atoms with Gasteiger partial charge >= 0.3 is 0 Å². The Labute approximate surface area is 179 Å². The van der Waals surface area contributed by atoms with Gasteiger partial charge in [-0.05, 0) is 43.0 Å². The third-order valence-electron chi connectivity index (χ3n) is 5.76. The van der Waals surface area contributed by atoms with E-state index in [-0.39, 0.29) is 6.17 Å². The van der Waals surface area contributed by atoms with Crippen LogP contribution in [-0.4, -0.2) is 22.9 Å². The molecule has 1 fully saturated rings. The highest BCUT2D eigenvalue weighted by atomic mass is 35.5. The standard InChI is InChI=1S/C26H29ClN2/c1-20-11-13-23(14-12-20)26-28(18-22-8-5-7-21(2)17-22)15-6-16-29(26)19-24-9-3-4-10-25(24)27/h3-5,7-14,17,26H,6,15-16,18-19H2,1-2H3. The zero-order chi connectivity index (χ0) is 20.2. The summed E-state index contributed by atoms with van der Waals surface area (Å²) >= 11 is 6.50. The van der Waals surface area contributed by atoms with Gasteiger partial charge in [0.1, 0.15) is 0 Å². The molecule has 0 aromatic heterocycles. The van der Waals surface area contributed by atoms with E-state index in [9.17, 15) is 0 Å². The summed E-state index contributed by atoms with van der Waals surface area (Å²) in [7, 11) is 0. The smallest absolute Gasteiger partial charge is 0.0892 e. The molecule has 2 nitrogen and oxygen atoms in total. The van der Waals surface area contributed by atoms with Crippen LogP contribution in [0.1, 0.15) is 40.4 Å². The van der Waals surface area contributed by atoms with Crippen LogP contribution in [0.3, 0.4) is 0 Å². The molecule has 4 rings (SSSR count). The van der Waals surface area contributed by atoms with Crippen LogP contribution in [0.25, 0.3) is 0 Å². The van der Waals surface area contributed by atoms with Crippen LogP contribution in [0.4, 0.5) is 0 Å². The molecule has 0 N–H and O–H groups in total. The number of hydrogen-bond acceptors (Lipinski definition) is 2. The first-order valence-electron chi connectivity index (χ1n) is 10.4. The number of halogens is 1. The third-order valence-corrected chi connectivity index (χ3v) is 6.13. The van der Waals surface area contributed by atoms with Crippen molar-refractivity contribution in [3.05, 3.63) is 106 Å². The minimum absolute atomic E-state index is 0.251. The summed E-state index contributed by atoms with van der Waals surface area (Å²) in [5, 5.41) is 0.853. The average molecular weight is 405 g/mol. The van der Waals surface area contributed by atoms with Gasteiger partial charge in [-0.15, -0.1) is 0 Å². The molecule has 3 aromatic carbocycles. The molecule has 0 spiro atoms. The molecule has 1 aliphatic heterocycles. The molecule has 0 aliphatic carbocycles. The van der Waals surface area contributed by atoms with Crippen molar-refractivity contribution in [2.45, 2.75) is 39.5 Å². The van der Waals surface area contributed by atoms with Crippen LogP contribution in [0.15, 0.2) is 72.8 Å². The second-order valence-electron chi connectivity index (χ2n) is 8.16. The topological polar surface area (TPSA) is 6.48 Å². The van der Waals surface area contributed by atoms with Gasteiger partial charge in [-0.1, -0.05) is 89.5 Å². The van der Waals surface area contributed by atoms with Gasteiger partial charge in [-0.2, -0.15) is 0 Å². The van der Waals surface area contributed by atoms with Crippen LogP contribution in [0.2, 0.25) is 5.02 Å². The first-order chi connectivity index (χ1) is 14.1. The maximum atomic E-state index is 6.50. The average Bonchev–Trinajstić information content (AvgIpc) is 2.71. The molecular formula is C26H29ClN2. The van der Waals surface area contributed by atoms with Gasteiger partial charge in [0.05, 0.1) is 6.17 Å². The van der Waals surface area contributed by atoms with E-state index >= 15 is 0 Å². The van der Waals surface area contributed by atoms with E-state index in [1.165, 1.54) is 34.2 Å². The summed E-state index contributed by atoms with van der Waals surface area (Å²) in [6, 6.07) is 26.1. The van der Waals surface area contributed by atoms with Crippen LogP contribution in [0, 0.1) is 13.8 Å². The van der Waals surface area contributed by atoms with Gasteiger partial charge in [0.25, 0.3) is 0 Å². The molecule has 0 amide bonds. The van der Waals surface area contributed by atoms with E-state index in [1.54, 1.807) is 0 Å². The summed E-state index contributed by atoms with van der Waals surface area (Å²) in [5.74, 6) is 0. The molecule has 29 heavy (non-hydrogen) atoms. The van der Waals surface area contributed by atoms with Crippen molar-refractivity contribution in [1.29, 1.82) is 0 Å². The minimum Gasteiger partial charge on any atom is -0.280 e. The molecule has 1 saturated heterocycles. The molecule has 1 atom stereocenters. The molecule has 3 heteroatoms. The van der Waals surface area contributed by atoms with Crippen LogP contribution in [-0.2, 0) is 13.1 Å². The lowest BCUT2D eigenvalue weighted by molar-refractivity contribution is -0.00908. The maximum Gasteiger partial charge on any atom is 0.0892 e. The Hall–Kier alpha value is -2.13. The Kier molecular flexibility index (Phi) is 6.34. The number of benzene rings is 3.